The van der Waals surface area contributed by atoms with Crippen LogP contribution in [0.15, 0.2) is 47.5 Å². The van der Waals surface area contributed by atoms with Crippen molar-refractivity contribution >= 4 is 52.6 Å². The lowest BCUT2D eigenvalue weighted by atomic mass is 9.82. The number of carbonyl (C=O) groups excluding carboxylic acids is 4. The molecular weight excluding hydrogens is 618 g/mol. The third kappa shape index (κ3) is 5.84. The maximum absolute atomic E-state index is 14.7. The minimum Gasteiger partial charge on any atom is -0.495 e. The predicted molar refractivity (Wildman–Crippen MR) is 185 cm³/mol. The maximum Gasteiger partial charge on any atom is 0.326 e. The highest BCUT2D eigenvalue weighted by Crippen LogP contribution is 2.59. The molecule has 5 atom stereocenters. The van der Waals surface area contributed by atoms with Crippen LogP contribution in [-0.2, 0) is 9.59 Å². The minimum absolute atomic E-state index is 0.104. The number of ether oxygens (including phenoxy) is 1. The largest absolute Gasteiger partial charge is 0.495 e. The van der Waals surface area contributed by atoms with Gasteiger partial charge in [-0.05, 0) is 56.9 Å². The molecule has 2 aromatic carbocycles. The van der Waals surface area contributed by atoms with Gasteiger partial charge in [0.2, 0.25) is 11.9 Å². The number of benzene rings is 2. The van der Waals surface area contributed by atoms with Gasteiger partial charge in [-0.3, -0.25) is 14.4 Å². The number of carbonyl (C=O) groups is 4. The van der Waals surface area contributed by atoms with Crippen molar-refractivity contribution in [1.29, 1.82) is 0 Å². The topological polar surface area (TPSA) is 117 Å². The number of para-hydroxylation sites is 2. The standard InChI is InChI=1S/C36H46ClN5O5/c1-8-12-22(3)18-19-36(23(4)13-9-2)21-42(36)27-17-16-24(37)20-25(27)31(43)39-30(42)29(41-33(45)35(5,6)40-34(41)46)32(44)38-26-14-10-11-15-28(26)47-7/h10-11,14-17,20,22-23,29H,8-9,12-13,18-19,21H2,1-7H3,(H-,38,40,44,46)/p+1. The van der Waals surface area contributed by atoms with Crippen LogP contribution in [-0.4, -0.2) is 65.3 Å². The molecule has 0 bridgehead atoms. The molecule has 2 fully saturated rings. The number of rotatable bonds is 13. The number of quaternary nitrogens is 1. The van der Waals surface area contributed by atoms with Crippen LogP contribution >= 0.6 is 11.6 Å². The molecule has 5 unspecified atom stereocenters. The number of halogens is 1. The summed E-state index contributed by atoms with van der Waals surface area (Å²) in [6.07, 6.45) is 5.79. The van der Waals surface area contributed by atoms with Crippen LogP contribution in [0.4, 0.5) is 16.2 Å². The average Bonchev–Trinajstić information content (AvgIpc) is 3.65. The van der Waals surface area contributed by atoms with Crippen LogP contribution < -0.4 is 19.9 Å². The molecule has 0 aliphatic carbocycles. The van der Waals surface area contributed by atoms with Crippen LogP contribution in [0.5, 0.6) is 5.75 Å². The highest BCUT2D eigenvalue weighted by atomic mass is 35.5. The molecule has 1 spiro atoms. The Morgan fingerprint density at radius 2 is 1.79 bits per heavy atom. The van der Waals surface area contributed by atoms with E-state index < -0.39 is 40.9 Å². The fraction of sp³-hybridized carbons (Fsp3) is 0.528. The second kappa shape index (κ2) is 13.0. The van der Waals surface area contributed by atoms with Gasteiger partial charge in [-0.2, -0.15) is 4.99 Å². The van der Waals surface area contributed by atoms with Crippen LogP contribution in [0, 0.1) is 11.8 Å². The number of amides is 5. The van der Waals surface area contributed by atoms with Gasteiger partial charge in [-0.25, -0.2) is 14.2 Å². The second-order valence-electron chi connectivity index (χ2n) is 14.0. The first-order chi connectivity index (χ1) is 22.3. The number of nitrogens with one attached hydrogen (secondary N) is 2. The van der Waals surface area contributed by atoms with E-state index in [9.17, 15) is 19.2 Å². The Balaban J connectivity index is 1.74. The van der Waals surface area contributed by atoms with Gasteiger partial charge in [0, 0.05) is 23.4 Å². The van der Waals surface area contributed by atoms with Gasteiger partial charge in [0.1, 0.15) is 23.4 Å². The Bertz CT molecular complexity index is 1620. The Morgan fingerprint density at radius 3 is 2.43 bits per heavy atom. The summed E-state index contributed by atoms with van der Waals surface area (Å²) in [6.45, 7) is 12.6. The number of nitrogens with zero attached hydrogens (tertiary/aromatic N) is 3. The molecule has 0 saturated carbocycles. The predicted octanol–water partition coefficient (Wildman–Crippen LogP) is 6.95. The molecule has 5 amide bonds. The van der Waals surface area contributed by atoms with E-state index in [0.717, 1.165) is 43.4 Å². The molecular formula is C36H47ClN5O5+. The summed E-state index contributed by atoms with van der Waals surface area (Å²) >= 11 is 6.43. The van der Waals surface area contributed by atoms with E-state index in [-0.39, 0.29) is 16.2 Å². The van der Waals surface area contributed by atoms with Gasteiger partial charge in [-0.1, -0.05) is 70.7 Å². The zero-order valence-electron chi connectivity index (χ0n) is 28.5. The van der Waals surface area contributed by atoms with Crippen molar-refractivity contribution in [1.82, 2.24) is 14.7 Å². The van der Waals surface area contributed by atoms with Crippen molar-refractivity contribution < 1.29 is 23.9 Å². The Kier molecular flexibility index (Phi) is 9.59. The normalized spacial score (nSPS) is 24.7. The molecule has 10 nitrogen and oxygen atoms in total. The fourth-order valence-corrected chi connectivity index (χ4v) is 8.03. The number of amidine groups is 1. The van der Waals surface area contributed by atoms with Gasteiger partial charge in [-0.15, -0.1) is 0 Å². The van der Waals surface area contributed by atoms with E-state index in [2.05, 4.69) is 43.3 Å². The van der Waals surface area contributed by atoms with Crippen LogP contribution in [0.3, 0.4) is 0 Å². The number of fused-ring (bicyclic) bond motifs is 2. The number of hydrogen-bond acceptors (Lipinski definition) is 5. The highest BCUT2D eigenvalue weighted by molar-refractivity contribution is 6.32. The minimum atomic E-state index is -1.52. The number of aliphatic imine (C=N–C) groups is 1. The van der Waals surface area contributed by atoms with Gasteiger partial charge in [0.15, 0.2) is 11.2 Å². The van der Waals surface area contributed by atoms with Crippen molar-refractivity contribution in [2.75, 3.05) is 19.0 Å². The quantitative estimate of drug-likeness (QED) is 0.137. The highest BCUT2D eigenvalue weighted by Gasteiger charge is 2.78. The zero-order valence-corrected chi connectivity index (χ0v) is 29.2. The zero-order chi connectivity index (χ0) is 34.3. The van der Waals surface area contributed by atoms with Crippen molar-refractivity contribution in [3.05, 3.63) is 53.1 Å². The van der Waals surface area contributed by atoms with Gasteiger partial charge in [0.05, 0.1) is 12.8 Å². The molecule has 5 rings (SSSR count). The third-order valence-electron chi connectivity index (χ3n) is 10.4. The summed E-state index contributed by atoms with van der Waals surface area (Å²) in [5, 5.41) is 6.03. The maximum atomic E-state index is 14.7. The van der Waals surface area contributed by atoms with Gasteiger partial charge >= 0.3 is 6.03 Å². The molecule has 2 aromatic rings. The number of methoxy groups -OCH3 is 1. The van der Waals surface area contributed by atoms with Crippen LogP contribution in [0.2, 0.25) is 5.02 Å². The average molecular weight is 665 g/mol. The summed E-state index contributed by atoms with van der Waals surface area (Å²) < 4.78 is 5.59. The van der Waals surface area contributed by atoms with E-state index >= 15 is 0 Å². The second-order valence-corrected chi connectivity index (χ2v) is 14.4. The molecule has 252 valence electrons. The lowest BCUT2D eigenvalue weighted by molar-refractivity contribution is -0.134. The molecule has 0 aromatic heterocycles. The molecule has 3 aliphatic rings. The first-order valence-corrected chi connectivity index (χ1v) is 17.1. The number of hydrogen-bond donors (Lipinski definition) is 2. The first kappa shape index (κ1) is 34.6. The van der Waals surface area contributed by atoms with E-state index in [0.29, 0.717) is 40.2 Å². The molecule has 3 heterocycles. The van der Waals surface area contributed by atoms with Gasteiger partial charge in [0.25, 0.3) is 17.7 Å². The summed E-state index contributed by atoms with van der Waals surface area (Å²) in [7, 11) is 1.49. The van der Waals surface area contributed by atoms with E-state index in [1.807, 2.05) is 6.07 Å². The van der Waals surface area contributed by atoms with Crippen molar-refractivity contribution in [3.63, 3.8) is 0 Å². The summed E-state index contributed by atoms with van der Waals surface area (Å²) in [4.78, 5) is 61.8. The number of imide groups is 1. The van der Waals surface area contributed by atoms with Crippen LogP contribution in [0.25, 0.3) is 0 Å². The Labute approximate surface area is 282 Å². The van der Waals surface area contributed by atoms with E-state index in [1.165, 1.54) is 7.11 Å². The number of anilines is 1. The van der Waals surface area contributed by atoms with Crippen molar-refractivity contribution in [2.24, 2.45) is 16.8 Å². The third-order valence-corrected chi connectivity index (χ3v) is 10.6. The SMILES string of the molecule is CCCC(C)CCC1(C(C)CCC)C[N+]12C(C(C(=O)Nc1ccccc1OC)N1C(=O)NC(C)(C)C1=O)=NC(=O)c1cc(Cl)ccc12. The summed E-state index contributed by atoms with van der Waals surface area (Å²) in [5.74, 6) is -0.593. The van der Waals surface area contributed by atoms with Crippen molar-refractivity contribution in [2.45, 2.75) is 97.2 Å². The molecule has 0 radical (unpaired) electrons. The van der Waals surface area contributed by atoms with Gasteiger partial charge < -0.3 is 15.4 Å². The smallest absolute Gasteiger partial charge is 0.326 e. The lowest BCUT2D eigenvalue weighted by Crippen LogP contribution is -2.62. The van der Waals surface area contributed by atoms with Crippen molar-refractivity contribution in [3.8, 4) is 5.75 Å². The molecule has 3 aliphatic heterocycles. The first-order valence-electron chi connectivity index (χ1n) is 16.7. The molecule has 11 heteroatoms. The summed E-state index contributed by atoms with van der Waals surface area (Å²) in [6, 6.07) is 9.90. The molecule has 47 heavy (non-hydrogen) atoms. The number of urea groups is 1. The monoisotopic (exact) mass is 664 g/mol. The Morgan fingerprint density at radius 1 is 1.09 bits per heavy atom. The van der Waals surface area contributed by atoms with E-state index in [4.69, 9.17) is 16.3 Å². The fourth-order valence-electron chi connectivity index (χ4n) is 7.86. The molecule has 2 N–H and O–H groups in total. The van der Waals surface area contributed by atoms with Crippen LogP contribution in [0.1, 0.15) is 90.4 Å². The molecule has 2 saturated heterocycles. The summed E-state index contributed by atoms with van der Waals surface area (Å²) in [5.41, 5.74) is -0.275. The van der Waals surface area contributed by atoms with E-state index in [1.54, 1.807) is 50.2 Å². The Hall–Kier alpha value is -3.76. The lowest BCUT2D eigenvalue weighted by Gasteiger charge is -2.37.